The highest BCUT2D eigenvalue weighted by atomic mass is 35.5. The lowest BCUT2D eigenvalue weighted by Gasteiger charge is -2.16. The van der Waals surface area contributed by atoms with E-state index in [0.29, 0.717) is 5.92 Å². The predicted octanol–water partition coefficient (Wildman–Crippen LogP) is 2.88. The van der Waals surface area contributed by atoms with Gasteiger partial charge in [-0.25, -0.2) is 9.97 Å². The van der Waals surface area contributed by atoms with Crippen molar-refractivity contribution in [3.05, 3.63) is 21.6 Å². The van der Waals surface area contributed by atoms with Crippen molar-refractivity contribution in [1.82, 2.24) is 9.97 Å². The van der Waals surface area contributed by atoms with Gasteiger partial charge in [-0.15, -0.1) is 0 Å². The summed E-state index contributed by atoms with van der Waals surface area (Å²) in [6.07, 6.45) is 2.10. The third kappa shape index (κ3) is 3.81. The maximum Gasteiger partial charge on any atom is 0.348 e. The molecule has 17 heavy (non-hydrogen) atoms. The Morgan fingerprint density at radius 3 is 2.65 bits per heavy atom. The van der Waals surface area contributed by atoms with Crippen molar-refractivity contribution < 1.29 is 4.92 Å². The molecule has 1 heterocycles. The number of hydrogen-bond acceptors (Lipinski definition) is 5. The first-order valence-electron chi connectivity index (χ1n) is 5.33. The fourth-order valence-electron chi connectivity index (χ4n) is 1.62. The summed E-state index contributed by atoms with van der Waals surface area (Å²) in [7, 11) is 0. The molecule has 1 atom stereocenters. The van der Waals surface area contributed by atoms with Gasteiger partial charge >= 0.3 is 5.69 Å². The van der Waals surface area contributed by atoms with Crippen molar-refractivity contribution >= 4 is 23.1 Å². The third-order valence-electron chi connectivity index (χ3n) is 2.17. The van der Waals surface area contributed by atoms with Crippen LogP contribution in [0.4, 0.5) is 11.5 Å². The van der Waals surface area contributed by atoms with E-state index in [4.69, 9.17) is 11.6 Å². The average molecular weight is 259 g/mol. The zero-order valence-corrected chi connectivity index (χ0v) is 10.7. The molecule has 94 valence electrons. The molecule has 0 amide bonds. The summed E-state index contributed by atoms with van der Waals surface area (Å²) >= 11 is 5.68. The maximum absolute atomic E-state index is 10.8. The van der Waals surface area contributed by atoms with Crippen molar-refractivity contribution in [2.45, 2.75) is 33.2 Å². The number of nitrogens with zero attached hydrogens (tertiary/aromatic N) is 3. The first-order valence-corrected chi connectivity index (χ1v) is 5.71. The molecule has 1 rings (SSSR count). The van der Waals surface area contributed by atoms with E-state index < -0.39 is 4.92 Å². The molecule has 1 aromatic heterocycles. The van der Waals surface area contributed by atoms with Crippen molar-refractivity contribution in [1.29, 1.82) is 0 Å². The zero-order valence-electron chi connectivity index (χ0n) is 9.98. The summed E-state index contributed by atoms with van der Waals surface area (Å²) < 4.78 is 0. The van der Waals surface area contributed by atoms with Crippen LogP contribution in [0, 0.1) is 16.0 Å². The van der Waals surface area contributed by atoms with Crippen LogP contribution < -0.4 is 5.32 Å². The molecular weight excluding hydrogens is 244 g/mol. The van der Waals surface area contributed by atoms with Crippen molar-refractivity contribution in [3.8, 4) is 0 Å². The Hall–Kier alpha value is -1.43. The topological polar surface area (TPSA) is 81.0 Å². The molecule has 0 aromatic carbocycles. The zero-order chi connectivity index (χ0) is 13.0. The van der Waals surface area contributed by atoms with Crippen LogP contribution in [0.3, 0.4) is 0 Å². The highest BCUT2D eigenvalue weighted by Crippen LogP contribution is 2.29. The van der Waals surface area contributed by atoms with Crippen LogP contribution in [0.2, 0.25) is 5.15 Å². The normalized spacial score (nSPS) is 12.5. The van der Waals surface area contributed by atoms with Crippen molar-refractivity contribution in [2.75, 3.05) is 5.32 Å². The lowest BCUT2D eigenvalue weighted by atomic mass is 10.1. The van der Waals surface area contributed by atoms with Crippen LogP contribution in [0.15, 0.2) is 6.33 Å². The standard InChI is InChI=1S/C10H15ClN4O2/c1-6(2)4-7(3)14-10-8(15(16)17)9(11)12-5-13-10/h5-7H,4H2,1-3H3,(H,12,13,14). The minimum Gasteiger partial charge on any atom is -0.362 e. The number of rotatable bonds is 5. The second kappa shape index (κ2) is 5.77. The van der Waals surface area contributed by atoms with Gasteiger partial charge in [-0.1, -0.05) is 25.4 Å². The van der Waals surface area contributed by atoms with Gasteiger partial charge in [-0.3, -0.25) is 10.1 Å². The average Bonchev–Trinajstić information content (AvgIpc) is 2.15. The highest BCUT2D eigenvalue weighted by Gasteiger charge is 2.22. The first-order chi connectivity index (χ1) is 7.91. The van der Waals surface area contributed by atoms with Gasteiger partial charge in [0.1, 0.15) is 6.33 Å². The lowest BCUT2D eigenvalue weighted by Crippen LogP contribution is -2.19. The Labute approximate surface area is 105 Å². The summed E-state index contributed by atoms with van der Waals surface area (Å²) in [6, 6.07) is 0.0830. The quantitative estimate of drug-likeness (QED) is 0.499. The number of nitro groups is 1. The Kier molecular flexibility index (Phi) is 4.62. The number of halogens is 1. The Morgan fingerprint density at radius 2 is 2.12 bits per heavy atom. The van der Waals surface area contributed by atoms with E-state index in [0.717, 1.165) is 6.42 Å². The summed E-state index contributed by atoms with van der Waals surface area (Å²) in [5.74, 6) is 0.664. The van der Waals surface area contributed by atoms with Crippen LogP contribution in [0.25, 0.3) is 0 Å². The Balaban J connectivity index is 2.91. The first kappa shape index (κ1) is 13.6. The molecule has 0 saturated carbocycles. The van der Waals surface area contributed by atoms with Crippen LogP contribution >= 0.6 is 11.6 Å². The summed E-state index contributed by atoms with van der Waals surface area (Å²) in [5, 5.41) is 13.7. The van der Waals surface area contributed by atoms with Gasteiger partial charge in [-0.05, 0) is 19.3 Å². The van der Waals surface area contributed by atoms with Gasteiger partial charge in [-0.2, -0.15) is 0 Å². The molecular formula is C10H15ClN4O2. The monoisotopic (exact) mass is 258 g/mol. The van der Waals surface area contributed by atoms with E-state index >= 15 is 0 Å². The van der Waals surface area contributed by atoms with Gasteiger partial charge in [0.2, 0.25) is 11.0 Å². The number of hydrogen-bond donors (Lipinski definition) is 1. The number of nitrogens with one attached hydrogen (secondary N) is 1. The van der Waals surface area contributed by atoms with Crippen LogP contribution in [0.5, 0.6) is 0 Å². The fraction of sp³-hybridized carbons (Fsp3) is 0.600. The maximum atomic E-state index is 10.8. The molecule has 0 saturated heterocycles. The largest absolute Gasteiger partial charge is 0.362 e. The fourth-order valence-corrected chi connectivity index (χ4v) is 1.83. The molecule has 0 fully saturated rings. The molecule has 7 heteroatoms. The van der Waals surface area contributed by atoms with Crippen LogP contribution in [-0.4, -0.2) is 20.9 Å². The van der Waals surface area contributed by atoms with Gasteiger partial charge < -0.3 is 5.32 Å². The van der Waals surface area contributed by atoms with E-state index in [1.807, 2.05) is 6.92 Å². The molecule has 6 nitrogen and oxygen atoms in total. The molecule has 1 aromatic rings. The summed E-state index contributed by atoms with van der Waals surface area (Å²) in [6.45, 7) is 6.11. The lowest BCUT2D eigenvalue weighted by molar-refractivity contribution is -0.384. The van der Waals surface area contributed by atoms with Gasteiger partial charge in [0.15, 0.2) is 0 Å². The third-order valence-corrected chi connectivity index (χ3v) is 2.44. The second-order valence-electron chi connectivity index (χ2n) is 4.29. The molecule has 1 N–H and O–H groups in total. The van der Waals surface area contributed by atoms with E-state index in [9.17, 15) is 10.1 Å². The minimum absolute atomic E-state index is 0.0830. The van der Waals surface area contributed by atoms with Crippen LogP contribution in [0.1, 0.15) is 27.2 Å². The highest BCUT2D eigenvalue weighted by molar-refractivity contribution is 6.31. The number of anilines is 1. The van der Waals surface area contributed by atoms with Crippen molar-refractivity contribution in [3.63, 3.8) is 0 Å². The Morgan fingerprint density at radius 1 is 1.47 bits per heavy atom. The van der Waals surface area contributed by atoms with Gasteiger partial charge in [0, 0.05) is 6.04 Å². The molecule has 1 unspecified atom stereocenters. The summed E-state index contributed by atoms with van der Waals surface area (Å²) in [4.78, 5) is 17.7. The van der Waals surface area contributed by atoms with E-state index in [1.54, 1.807) is 0 Å². The molecule has 0 radical (unpaired) electrons. The van der Waals surface area contributed by atoms with E-state index in [2.05, 4.69) is 29.1 Å². The van der Waals surface area contributed by atoms with Crippen molar-refractivity contribution in [2.24, 2.45) is 5.92 Å². The molecule has 0 bridgehead atoms. The van der Waals surface area contributed by atoms with Crippen LogP contribution in [-0.2, 0) is 0 Å². The van der Waals surface area contributed by atoms with E-state index in [1.165, 1.54) is 6.33 Å². The smallest absolute Gasteiger partial charge is 0.348 e. The Bertz CT molecular complexity index is 411. The molecule has 0 aliphatic carbocycles. The molecule has 0 spiro atoms. The molecule has 0 aliphatic heterocycles. The van der Waals surface area contributed by atoms with E-state index in [-0.39, 0.29) is 22.7 Å². The minimum atomic E-state index is -0.577. The number of aromatic nitrogens is 2. The van der Waals surface area contributed by atoms with Gasteiger partial charge in [0.05, 0.1) is 4.92 Å². The second-order valence-corrected chi connectivity index (χ2v) is 4.65. The molecule has 0 aliphatic rings. The summed E-state index contributed by atoms with van der Waals surface area (Å²) in [5.41, 5.74) is -0.273. The van der Waals surface area contributed by atoms with Gasteiger partial charge in [0.25, 0.3) is 0 Å². The SMILES string of the molecule is CC(C)CC(C)Nc1ncnc(Cl)c1[N+](=O)[O-]. The predicted molar refractivity (Wildman–Crippen MR) is 66.2 cm³/mol.